The molecule has 1 unspecified atom stereocenters. The number of rotatable bonds is 6. The van der Waals surface area contributed by atoms with E-state index in [0.29, 0.717) is 11.5 Å². The zero-order chi connectivity index (χ0) is 12.0. The fraction of sp³-hybridized carbons (Fsp3) is 1.00. The molecule has 3 nitrogen and oxygen atoms in total. The Morgan fingerprint density at radius 3 is 2.62 bits per heavy atom. The van der Waals surface area contributed by atoms with Crippen molar-refractivity contribution < 1.29 is 4.74 Å². The first kappa shape index (κ1) is 13.9. The molecular weight excluding hydrogens is 200 g/mol. The Kier molecular flexibility index (Phi) is 5.73. The zero-order valence-corrected chi connectivity index (χ0v) is 11.4. The van der Waals surface area contributed by atoms with Crippen LogP contribution in [0.4, 0.5) is 0 Å². The number of methoxy groups -OCH3 is 1. The van der Waals surface area contributed by atoms with Crippen LogP contribution in [0.1, 0.15) is 33.6 Å². The van der Waals surface area contributed by atoms with Crippen molar-refractivity contribution in [3.05, 3.63) is 0 Å². The van der Waals surface area contributed by atoms with E-state index in [1.54, 1.807) is 7.11 Å². The van der Waals surface area contributed by atoms with Crippen molar-refractivity contribution >= 4 is 0 Å². The number of hydrogen-bond acceptors (Lipinski definition) is 3. The van der Waals surface area contributed by atoms with Crippen molar-refractivity contribution in [3.8, 4) is 0 Å². The van der Waals surface area contributed by atoms with Gasteiger partial charge in [-0.15, -0.1) is 0 Å². The monoisotopic (exact) mass is 228 g/mol. The molecule has 1 aliphatic heterocycles. The summed E-state index contributed by atoms with van der Waals surface area (Å²) in [7, 11) is 1.78. The maximum atomic E-state index is 5.19. The van der Waals surface area contributed by atoms with Crippen LogP contribution in [0, 0.1) is 5.41 Å². The lowest BCUT2D eigenvalue weighted by atomic mass is 9.96. The average molecular weight is 228 g/mol. The molecule has 0 radical (unpaired) electrons. The van der Waals surface area contributed by atoms with Gasteiger partial charge in [0.1, 0.15) is 0 Å². The molecule has 96 valence electrons. The maximum absolute atomic E-state index is 5.19. The van der Waals surface area contributed by atoms with Crippen LogP contribution in [0.5, 0.6) is 0 Å². The normalized spacial score (nSPS) is 21.9. The van der Waals surface area contributed by atoms with Crippen LogP contribution < -0.4 is 5.32 Å². The molecule has 0 spiro atoms. The third-order valence-corrected chi connectivity index (χ3v) is 2.95. The molecule has 1 fully saturated rings. The van der Waals surface area contributed by atoms with E-state index in [1.807, 2.05) is 0 Å². The van der Waals surface area contributed by atoms with Crippen LogP contribution in [-0.4, -0.2) is 50.8 Å². The Bertz CT molecular complexity index is 183. The van der Waals surface area contributed by atoms with Gasteiger partial charge in [-0.3, -0.25) is 4.90 Å². The summed E-state index contributed by atoms with van der Waals surface area (Å²) < 4.78 is 5.19. The molecule has 0 amide bonds. The molecule has 1 heterocycles. The summed E-state index contributed by atoms with van der Waals surface area (Å²) >= 11 is 0. The highest BCUT2D eigenvalue weighted by Gasteiger charge is 2.21. The number of ether oxygens (including phenoxy) is 1. The van der Waals surface area contributed by atoms with Crippen LogP contribution >= 0.6 is 0 Å². The van der Waals surface area contributed by atoms with Crippen molar-refractivity contribution in [2.45, 2.75) is 39.7 Å². The molecule has 16 heavy (non-hydrogen) atoms. The fourth-order valence-electron chi connectivity index (χ4n) is 2.35. The van der Waals surface area contributed by atoms with E-state index in [4.69, 9.17) is 4.74 Å². The van der Waals surface area contributed by atoms with Gasteiger partial charge in [-0.05, 0) is 24.8 Å². The van der Waals surface area contributed by atoms with Crippen LogP contribution in [0.3, 0.4) is 0 Å². The first-order chi connectivity index (χ1) is 7.51. The summed E-state index contributed by atoms with van der Waals surface area (Å²) in [5.74, 6) is 0. The molecule has 0 aliphatic carbocycles. The van der Waals surface area contributed by atoms with Gasteiger partial charge in [0.15, 0.2) is 0 Å². The molecule has 0 saturated carbocycles. The minimum absolute atomic E-state index is 0.367. The molecule has 1 rings (SSSR count). The second-order valence-electron chi connectivity index (χ2n) is 6.08. The minimum atomic E-state index is 0.367. The summed E-state index contributed by atoms with van der Waals surface area (Å²) in [6.45, 7) is 12.3. The van der Waals surface area contributed by atoms with Gasteiger partial charge in [0.05, 0.1) is 6.61 Å². The van der Waals surface area contributed by atoms with Gasteiger partial charge in [-0.1, -0.05) is 20.8 Å². The molecule has 1 aliphatic rings. The first-order valence-electron chi connectivity index (χ1n) is 6.46. The predicted octanol–water partition coefficient (Wildman–Crippen LogP) is 1.73. The van der Waals surface area contributed by atoms with Gasteiger partial charge in [0.25, 0.3) is 0 Å². The third-order valence-electron chi connectivity index (χ3n) is 2.95. The summed E-state index contributed by atoms with van der Waals surface area (Å²) in [5.41, 5.74) is 0.367. The van der Waals surface area contributed by atoms with Crippen LogP contribution in [0.2, 0.25) is 0 Å². The molecule has 0 bridgehead atoms. The molecular formula is C13H28N2O. The Morgan fingerprint density at radius 2 is 2.12 bits per heavy atom. The number of nitrogens with one attached hydrogen (secondary N) is 1. The molecule has 3 heteroatoms. The topological polar surface area (TPSA) is 24.5 Å². The number of hydrogen-bond donors (Lipinski definition) is 1. The standard InChI is InChI=1S/C13H28N2O/c1-13(2,3)11-15(8-9-16-4)10-12-6-5-7-14-12/h12,14H,5-11H2,1-4H3. The van der Waals surface area contributed by atoms with Crippen LogP contribution in [0.25, 0.3) is 0 Å². The summed E-state index contributed by atoms with van der Waals surface area (Å²) in [6, 6.07) is 0.694. The predicted molar refractivity (Wildman–Crippen MR) is 68.8 cm³/mol. The average Bonchev–Trinajstić information content (AvgIpc) is 2.64. The number of nitrogens with zero attached hydrogens (tertiary/aromatic N) is 1. The largest absolute Gasteiger partial charge is 0.383 e. The molecule has 1 N–H and O–H groups in total. The van der Waals surface area contributed by atoms with Gasteiger partial charge in [-0.2, -0.15) is 0 Å². The molecule has 0 aromatic heterocycles. The minimum Gasteiger partial charge on any atom is -0.383 e. The van der Waals surface area contributed by atoms with Crippen molar-refractivity contribution in [1.82, 2.24) is 10.2 Å². The summed E-state index contributed by atoms with van der Waals surface area (Å²) in [6.07, 6.45) is 2.66. The van der Waals surface area contributed by atoms with E-state index in [9.17, 15) is 0 Å². The van der Waals surface area contributed by atoms with Crippen molar-refractivity contribution in [3.63, 3.8) is 0 Å². The molecule has 0 aromatic carbocycles. The van der Waals surface area contributed by atoms with E-state index < -0.39 is 0 Å². The molecule has 1 saturated heterocycles. The maximum Gasteiger partial charge on any atom is 0.0589 e. The van der Waals surface area contributed by atoms with Gasteiger partial charge in [-0.25, -0.2) is 0 Å². The smallest absolute Gasteiger partial charge is 0.0589 e. The van der Waals surface area contributed by atoms with Crippen LogP contribution in [-0.2, 0) is 4.74 Å². The van der Waals surface area contributed by atoms with E-state index in [0.717, 1.165) is 19.7 Å². The van der Waals surface area contributed by atoms with Crippen molar-refractivity contribution in [2.24, 2.45) is 5.41 Å². The second kappa shape index (κ2) is 6.58. The zero-order valence-electron chi connectivity index (χ0n) is 11.4. The lowest BCUT2D eigenvalue weighted by Gasteiger charge is -2.31. The first-order valence-corrected chi connectivity index (χ1v) is 6.46. The Labute approximate surface area is 101 Å². The highest BCUT2D eigenvalue weighted by Crippen LogP contribution is 2.16. The summed E-state index contributed by atoms with van der Waals surface area (Å²) in [4.78, 5) is 2.53. The highest BCUT2D eigenvalue weighted by molar-refractivity contribution is 4.79. The lowest BCUT2D eigenvalue weighted by molar-refractivity contribution is 0.117. The van der Waals surface area contributed by atoms with E-state index >= 15 is 0 Å². The Hall–Kier alpha value is -0.120. The SMILES string of the molecule is COCCN(CC1CCCN1)CC(C)(C)C. The Balaban J connectivity index is 2.35. The van der Waals surface area contributed by atoms with Gasteiger partial charge in [0.2, 0.25) is 0 Å². The molecule has 0 aromatic rings. The van der Waals surface area contributed by atoms with Gasteiger partial charge < -0.3 is 10.1 Å². The second-order valence-corrected chi connectivity index (χ2v) is 6.08. The third kappa shape index (κ3) is 5.83. The molecule has 1 atom stereocenters. The Morgan fingerprint density at radius 1 is 1.38 bits per heavy atom. The lowest BCUT2D eigenvalue weighted by Crippen LogP contribution is -2.42. The van der Waals surface area contributed by atoms with Gasteiger partial charge >= 0.3 is 0 Å². The van der Waals surface area contributed by atoms with E-state index in [2.05, 4.69) is 31.0 Å². The van der Waals surface area contributed by atoms with Crippen molar-refractivity contribution in [1.29, 1.82) is 0 Å². The van der Waals surface area contributed by atoms with Gasteiger partial charge in [0, 0.05) is 32.8 Å². The highest BCUT2D eigenvalue weighted by atomic mass is 16.5. The fourth-order valence-corrected chi connectivity index (χ4v) is 2.35. The summed E-state index contributed by atoms with van der Waals surface area (Å²) in [5, 5.41) is 3.57. The van der Waals surface area contributed by atoms with Crippen LogP contribution in [0.15, 0.2) is 0 Å². The van der Waals surface area contributed by atoms with Crippen molar-refractivity contribution in [2.75, 3.05) is 39.9 Å². The van der Waals surface area contributed by atoms with E-state index in [-0.39, 0.29) is 0 Å². The quantitative estimate of drug-likeness (QED) is 0.749. The van der Waals surface area contributed by atoms with E-state index in [1.165, 1.54) is 25.9 Å².